The first-order valence-corrected chi connectivity index (χ1v) is 9.80. The van der Waals surface area contributed by atoms with E-state index in [9.17, 15) is 4.79 Å². The number of benzene rings is 1. The van der Waals surface area contributed by atoms with Gasteiger partial charge in [-0.05, 0) is 60.1 Å². The van der Waals surface area contributed by atoms with Gasteiger partial charge in [0.25, 0.3) is 0 Å². The van der Waals surface area contributed by atoms with Crippen LogP contribution in [0.1, 0.15) is 59.9 Å². The highest BCUT2D eigenvalue weighted by atomic mass is 35.5. The largest absolute Gasteiger partial charge is 0.496 e. The number of carbonyl (C=O) groups is 1. The minimum absolute atomic E-state index is 0.265. The van der Waals surface area contributed by atoms with Crippen LogP contribution < -0.4 is 5.46 Å². The molecule has 2 aliphatic rings. The highest BCUT2D eigenvalue weighted by Crippen LogP contribution is 2.37. The summed E-state index contributed by atoms with van der Waals surface area (Å²) in [5.74, 6) is 0.266. The summed E-state index contributed by atoms with van der Waals surface area (Å²) in [6.45, 7) is 15.0. The fraction of sp³-hybridized carbons (Fsp3) is 0.650. The van der Waals surface area contributed by atoms with Gasteiger partial charge in [-0.3, -0.25) is 0 Å². The first-order valence-electron chi connectivity index (χ1n) is 9.42. The second-order valence-corrected chi connectivity index (χ2v) is 9.86. The summed E-state index contributed by atoms with van der Waals surface area (Å²) in [5.41, 5.74) is 0.668. The third kappa shape index (κ3) is 4.13. The Kier molecular flexibility index (Phi) is 5.07. The molecule has 1 aromatic carbocycles. The molecule has 0 saturated carbocycles. The van der Waals surface area contributed by atoms with Crippen molar-refractivity contribution < 1.29 is 18.8 Å². The van der Waals surface area contributed by atoms with E-state index in [2.05, 4.69) is 0 Å². The molecule has 1 aromatic rings. The van der Waals surface area contributed by atoms with Crippen molar-refractivity contribution in [2.75, 3.05) is 13.1 Å². The van der Waals surface area contributed by atoms with Crippen LogP contribution in [0.5, 0.6) is 0 Å². The second-order valence-electron chi connectivity index (χ2n) is 9.45. The molecule has 2 fully saturated rings. The molecule has 2 saturated heterocycles. The number of likely N-dealkylation sites (tertiary alicyclic amines) is 1. The lowest BCUT2D eigenvalue weighted by atomic mass is 9.77. The molecule has 0 bridgehead atoms. The molecule has 0 atom stereocenters. The average Bonchev–Trinajstić information content (AvgIpc) is 2.63. The summed E-state index contributed by atoms with van der Waals surface area (Å²) in [7, 11) is -0.476. The van der Waals surface area contributed by atoms with E-state index in [1.54, 1.807) is 4.90 Å². The first-order chi connectivity index (χ1) is 12.3. The van der Waals surface area contributed by atoms with E-state index >= 15 is 0 Å². The van der Waals surface area contributed by atoms with Crippen molar-refractivity contribution in [1.29, 1.82) is 0 Å². The Hall–Kier alpha value is -1.24. The average molecular weight is 394 g/mol. The third-order valence-electron chi connectivity index (χ3n) is 5.54. The molecule has 0 spiro atoms. The van der Waals surface area contributed by atoms with E-state index in [0.29, 0.717) is 18.1 Å². The van der Waals surface area contributed by atoms with Crippen LogP contribution in [0.2, 0.25) is 5.02 Å². The molecule has 0 unspecified atom stereocenters. The molecule has 2 aliphatic heterocycles. The number of carbonyl (C=O) groups excluding carboxylic acids is 1. The predicted octanol–water partition coefficient (Wildman–Crippen LogP) is 3.97. The minimum Gasteiger partial charge on any atom is -0.444 e. The van der Waals surface area contributed by atoms with E-state index in [0.717, 1.165) is 11.0 Å². The number of hydrogen-bond acceptors (Lipinski definition) is 4. The van der Waals surface area contributed by atoms with Crippen molar-refractivity contribution in [3.05, 3.63) is 28.8 Å². The molecule has 5 nitrogen and oxygen atoms in total. The van der Waals surface area contributed by atoms with Crippen molar-refractivity contribution in [2.24, 2.45) is 0 Å². The van der Waals surface area contributed by atoms with Gasteiger partial charge in [-0.1, -0.05) is 23.7 Å². The second kappa shape index (κ2) is 6.68. The Bertz CT molecular complexity index is 722. The van der Waals surface area contributed by atoms with E-state index in [1.165, 1.54) is 0 Å². The van der Waals surface area contributed by atoms with Gasteiger partial charge < -0.3 is 18.9 Å². The first kappa shape index (κ1) is 20.5. The Morgan fingerprint density at radius 2 is 1.74 bits per heavy atom. The van der Waals surface area contributed by atoms with Crippen LogP contribution in [-0.2, 0) is 14.0 Å². The molecule has 7 heteroatoms. The van der Waals surface area contributed by atoms with Gasteiger partial charge in [-0.25, -0.2) is 4.79 Å². The molecule has 0 aromatic heterocycles. The van der Waals surface area contributed by atoms with Crippen LogP contribution >= 0.6 is 11.6 Å². The smallest absolute Gasteiger partial charge is 0.444 e. The molecule has 1 amide bonds. The lowest BCUT2D eigenvalue weighted by Crippen LogP contribution is -2.50. The molecule has 3 rings (SSSR count). The molecular formula is C20H29BClNO4. The van der Waals surface area contributed by atoms with Gasteiger partial charge in [0.2, 0.25) is 0 Å². The summed E-state index contributed by atoms with van der Waals surface area (Å²) >= 11 is 6.54. The predicted molar refractivity (Wildman–Crippen MR) is 108 cm³/mol. The molecule has 0 N–H and O–H groups in total. The van der Waals surface area contributed by atoms with Crippen molar-refractivity contribution >= 4 is 30.3 Å². The maximum absolute atomic E-state index is 12.1. The summed E-state index contributed by atoms with van der Waals surface area (Å²) in [6, 6.07) is 5.97. The van der Waals surface area contributed by atoms with E-state index in [4.69, 9.17) is 25.6 Å². The van der Waals surface area contributed by atoms with Crippen molar-refractivity contribution in [3.8, 4) is 0 Å². The van der Waals surface area contributed by atoms with Gasteiger partial charge in [0, 0.05) is 29.5 Å². The van der Waals surface area contributed by atoms with Gasteiger partial charge in [0.15, 0.2) is 0 Å². The summed E-state index contributed by atoms with van der Waals surface area (Å²) in [6.07, 6.45) is -0.265. The van der Waals surface area contributed by atoms with Gasteiger partial charge in [0.1, 0.15) is 5.60 Å². The standard InChI is InChI=1S/C20H29BClNO4/c1-18(2,3)25-17(24)23-11-14(12-23)13-8-9-15(16(22)10-13)21-26-19(4,5)20(6,7)27-21/h8-10,14H,11-12H2,1-7H3. The van der Waals surface area contributed by atoms with E-state index in [1.807, 2.05) is 66.7 Å². The number of rotatable bonds is 2. The fourth-order valence-corrected chi connectivity index (χ4v) is 3.40. The van der Waals surface area contributed by atoms with Gasteiger partial charge in [-0.15, -0.1) is 0 Å². The zero-order valence-electron chi connectivity index (χ0n) is 17.3. The monoisotopic (exact) mass is 393 g/mol. The van der Waals surface area contributed by atoms with Crippen LogP contribution in [0.3, 0.4) is 0 Å². The van der Waals surface area contributed by atoms with E-state index < -0.39 is 23.9 Å². The normalized spacial score (nSPS) is 21.9. The maximum atomic E-state index is 12.1. The van der Waals surface area contributed by atoms with Crippen molar-refractivity contribution in [3.63, 3.8) is 0 Å². The maximum Gasteiger partial charge on any atom is 0.496 e. The molecule has 0 aliphatic carbocycles. The Balaban J connectivity index is 1.65. The number of halogens is 1. The number of hydrogen-bond donors (Lipinski definition) is 0. The van der Waals surface area contributed by atoms with Gasteiger partial charge in [0.05, 0.1) is 11.2 Å². The lowest BCUT2D eigenvalue weighted by molar-refractivity contribution is 0.00578. The van der Waals surface area contributed by atoms with Gasteiger partial charge in [-0.2, -0.15) is 0 Å². The lowest BCUT2D eigenvalue weighted by Gasteiger charge is -2.40. The Morgan fingerprint density at radius 3 is 2.22 bits per heavy atom. The van der Waals surface area contributed by atoms with Crippen molar-refractivity contribution in [2.45, 2.75) is 71.2 Å². The van der Waals surface area contributed by atoms with Crippen LogP contribution in [-0.4, -0.2) is 48.0 Å². The van der Waals surface area contributed by atoms with E-state index in [-0.39, 0.29) is 12.0 Å². The zero-order chi connectivity index (χ0) is 20.2. The van der Waals surface area contributed by atoms with Gasteiger partial charge >= 0.3 is 13.2 Å². The minimum atomic E-state index is -0.476. The molecule has 148 valence electrons. The summed E-state index contributed by atoms with van der Waals surface area (Å²) < 4.78 is 17.6. The Labute approximate surface area is 167 Å². The quantitative estimate of drug-likeness (QED) is 0.713. The van der Waals surface area contributed by atoms with Crippen LogP contribution in [0.15, 0.2) is 18.2 Å². The number of ether oxygens (including phenoxy) is 1. The number of amides is 1. The van der Waals surface area contributed by atoms with Crippen LogP contribution in [0, 0.1) is 0 Å². The molecule has 27 heavy (non-hydrogen) atoms. The molecular weight excluding hydrogens is 364 g/mol. The van der Waals surface area contributed by atoms with Crippen LogP contribution in [0.4, 0.5) is 4.79 Å². The number of nitrogens with zero attached hydrogens (tertiary/aromatic N) is 1. The summed E-state index contributed by atoms with van der Waals surface area (Å²) in [4.78, 5) is 13.8. The Morgan fingerprint density at radius 1 is 1.19 bits per heavy atom. The highest BCUT2D eigenvalue weighted by Gasteiger charge is 2.52. The van der Waals surface area contributed by atoms with Crippen LogP contribution in [0.25, 0.3) is 0 Å². The zero-order valence-corrected chi connectivity index (χ0v) is 18.0. The topological polar surface area (TPSA) is 48.0 Å². The third-order valence-corrected chi connectivity index (χ3v) is 5.86. The SMILES string of the molecule is CC(C)(C)OC(=O)N1CC(c2ccc(B3OC(C)(C)C(C)(C)O3)c(Cl)c2)C1. The summed E-state index contributed by atoms with van der Waals surface area (Å²) in [5, 5.41) is 0.627. The van der Waals surface area contributed by atoms with Crippen molar-refractivity contribution in [1.82, 2.24) is 4.90 Å². The highest BCUT2D eigenvalue weighted by molar-refractivity contribution is 6.65. The molecule has 2 heterocycles. The molecule has 0 radical (unpaired) electrons. The fourth-order valence-electron chi connectivity index (χ4n) is 3.12.